The largest absolute Gasteiger partial charge is 0.310 e. The molecule has 2 rings (SSSR count). The van der Waals surface area contributed by atoms with Crippen LogP contribution in [0.1, 0.15) is 46.2 Å². The van der Waals surface area contributed by atoms with Crippen molar-refractivity contribution in [2.45, 2.75) is 40.7 Å². The molecule has 0 radical (unpaired) electrons. The van der Waals surface area contributed by atoms with Crippen molar-refractivity contribution in [1.29, 1.82) is 0 Å². The first kappa shape index (κ1) is 15.4. The molecule has 1 N–H and O–H groups in total. The molecule has 1 atom stereocenters. The van der Waals surface area contributed by atoms with Gasteiger partial charge < -0.3 is 5.32 Å². The van der Waals surface area contributed by atoms with Gasteiger partial charge in [0.2, 0.25) is 0 Å². The Kier molecular flexibility index (Phi) is 3.66. The predicted molar refractivity (Wildman–Crippen MR) is 73.8 cm³/mol. The summed E-state index contributed by atoms with van der Waals surface area (Å²) in [5.41, 5.74) is 0.267. The molecule has 112 valence electrons. The zero-order valence-corrected chi connectivity index (χ0v) is 12.7. The minimum Gasteiger partial charge on any atom is -0.310 e. The van der Waals surface area contributed by atoms with Crippen LogP contribution in [0.4, 0.5) is 13.2 Å². The molecule has 4 heteroatoms. The molecule has 0 spiro atoms. The van der Waals surface area contributed by atoms with Gasteiger partial charge in [-0.15, -0.1) is 0 Å². The summed E-state index contributed by atoms with van der Waals surface area (Å²) in [6.07, 6.45) is 0. The molecule has 0 saturated heterocycles. The highest BCUT2D eigenvalue weighted by Gasteiger charge is 2.67. The fourth-order valence-electron chi connectivity index (χ4n) is 3.49. The Balaban J connectivity index is 2.44. The van der Waals surface area contributed by atoms with Gasteiger partial charge in [0.05, 0.1) is 0 Å². The van der Waals surface area contributed by atoms with E-state index in [-0.39, 0.29) is 28.4 Å². The van der Waals surface area contributed by atoms with E-state index >= 15 is 0 Å². The minimum atomic E-state index is -1.39. The van der Waals surface area contributed by atoms with E-state index in [0.717, 1.165) is 6.07 Å². The van der Waals surface area contributed by atoms with Gasteiger partial charge in [-0.2, -0.15) is 0 Å². The third-order valence-electron chi connectivity index (χ3n) is 5.29. The molecule has 1 nitrogen and oxygen atoms in total. The maximum Gasteiger partial charge on any atom is 0.194 e. The monoisotopic (exact) mass is 285 g/mol. The molecule has 0 heterocycles. The van der Waals surface area contributed by atoms with Crippen LogP contribution in [0.25, 0.3) is 0 Å². The molecule has 0 aliphatic heterocycles. The van der Waals surface area contributed by atoms with Gasteiger partial charge in [0, 0.05) is 11.6 Å². The van der Waals surface area contributed by atoms with Gasteiger partial charge in [0.15, 0.2) is 17.5 Å². The Morgan fingerprint density at radius 3 is 2.05 bits per heavy atom. The summed E-state index contributed by atoms with van der Waals surface area (Å²) >= 11 is 0. The molecule has 0 amide bonds. The number of benzene rings is 1. The molecule has 0 aromatic heterocycles. The lowest BCUT2D eigenvalue weighted by Crippen LogP contribution is -2.26. The van der Waals surface area contributed by atoms with Gasteiger partial charge in [0.25, 0.3) is 0 Å². The molecule has 1 aromatic carbocycles. The van der Waals surface area contributed by atoms with Crippen LogP contribution < -0.4 is 5.32 Å². The van der Waals surface area contributed by atoms with E-state index in [1.54, 1.807) is 0 Å². The van der Waals surface area contributed by atoms with Crippen molar-refractivity contribution in [3.8, 4) is 0 Å². The maximum atomic E-state index is 14.1. The predicted octanol–water partition coefficient (Wildman–Crippen LogP) is 4.44. The SMILES string of the molecule is CCNC(c1ccc(F)c(F)c1F)C1C(C)(C)C1(C)C. The maximum absolute atomic E-state index is 14.1. The average molecular weight is 285 g/mol. The van der Waals surface area contributed by atoms with Crippen LogP contribution in [0, 0.1) is 34.2 Å². The van der Waals surface area contributed by atoms with E-state index < -0.39 is 17.5 Å². The standard InChI is InChI=1S/C16H22F3N/c1-6-20-13(14-15(2,3)16(14,4)5)9-7-8-10(17)12(19)11(9)18/h7-8,13-14,20H,6H2,1-5H3. The van der Waals surface area contributed by atoms with Crippen molar-refractivity contribution in [3.05, 3.63) is 35.1 Å². The third-order valence-corrected chi connectivity index (χ3v) is 5.29. The van der Waals surface area contributed by atoms with Crippen molar-refractivity contribution in [1.82, 2.24) is 5.32 Å². The van der Waals surface area contributed by atoms with E-state index in [1.165, 1.54) is 6.07 Å². The second-order valence-electron chi connectivity index (χ2n) is 6.72. The molecular weight excluding hydrogens is 263 g/mol. The van der Waals surface area contributed by atoms with Crippen LogP contribution in [0.15, 0.2) is 12.1 Å². The lowest BCUT2D eigenvalue weighted by atomic mass is 9.95. The first-order chi connectivity index (χ1) is 9.16. The summed E-state index contributed by atoms with van der Waals surface area (Å²) in [4.78, 5) is 0. The minimum absolute atomic E-state index is 0.0249. The van der Waals surface area contributed by atoms with Crippen LogP contribution in [0.5, 0.6) is 0 Å². The Bertz CT molecular complexity index is 509. The van der Waals surface area contributed by atoms with Crippen LogP contribution in [-0.4, -0.2) is 6.54 Å². The van der Waals surface area contributed by atoms with Crippen LogP contribution >= 0.6 is 0 Å². The molecular formula is C16H22F3N. The summed E-state index contributed by atoms with van der Waals surface area (Å²) in [7, 11) is 0. The number of hydrogen-bond donors (Lipinski definition) is 1. The van der Waals surface area contributed by atoms with Crippen LogP contribution in [0.3, 0.4) is 0 Å². The zero-order chi connectivity index (χ0) is 15.3. The van der Waals surface area contributed by atoms with Crippen molar-refractivity contribution < 1.29 is 13.2 Å². The van der Waals surface area contributed by atoms with Crippen molar-refractivity contribution in [2.24, 2.45) is 16.7 Å². The molecule has 1 aromatic rings. The second-order valence-corrected chi connectivity index (χ2v) is 6.72. The van der Waals surface area contributed by atoms with Crippen molar-refractivity contribution >= 4 is 0 Å². The molecule has 20 heavy (non-hydrogen) atoms. The Morgan fingerprint density at radius 1 is 1.05 bits per heavy atom. The van der Waals surface area contributed by atoms with E-state index in [0.29, 0.717) is 6.54 Å². The summed E-state index contributed by atoms with van der Waals surface area (Å²) in [6.45, 7) is 11.1. The van der Waals surface area contributed by atoms with Gasteiger partial charge in [-0.25, -0.2) is 13.2 Å². The molecule has 1 aliphatic rings. The molecule has 1 saturated carbocycles. The van der Waals surface area contributed by atoms with E-state index in [4.69, 9.17) is 0 Å². The highest BCUT2D eigenvalue weighted by molar-refractivity contribution is 5.29. The van der Waals surface area contributed by atoms with Crippen LogP contribution in [0.2, 0.25) is 0 Å². The highest BCUT2D eigenvalue weighted by Crippen LogP contribution is 2.72. The zero-order valence-electron chi connectivity index (χ0n) is 12.7. The van der Waals surface area contributed by atoms with E-state index in [9.17, 15) is 13.2 Å². The highest BCUT2D eigenvalue weighted by atomic mass is 19.2. The van der Waals surface area contributed by atoms with Crippen LogP contribution in [-0.2, 0) is 0 Å². The fourth-order valence-corrected chi connectivity index (χ4v) is 3.49. The molecule has 1 fully saturated rings. The lowest BCUT2D eigenvalue weighted by molar-refractivity contribution is 0.382. The van der Waals surface area contributed by atoms with Crippen molar-refractivity contribution in [3.63, 3.8) is 0 Å². The average Bonchev–Trinajstić information content (AvgIpc) is 2.75. The first-order valence-corrected chi connectivity index (χ1v) is 7.03. The molecule has 1 aliphatic carbocycles. The third kappa shape index (κ3) is 2.05. The number of rotatable bonds is 4. The summed E-state index contributed by atoms with van der Waals surface area (Å²) < 4.78 is 40.7. The smallest absolute Gasteiger partial charge is 0.194 e. The van der Waals surface area contributed by atoms with Gasteiger partial charge in [-0.3, -0.25) is 0 Å². The number of nitrogens with one attached hydrogen (secondary N) is 1. The lowest BCUT2D eigenvalue weighted by Gasteiger charge is -2.21. The normalized spacial score (nSPS) is 21.8. The summed E-state index contributed by atoms with van der Waals surface area (Å²) in [5.74, 6) is -3.43. The number of halogens is 3. The quantitative estimate of drug-likeness (QED) is 0.807. The Morgan fingerprint density at radius 2 is 1.60 bits per heavy atom. The van der Waals surface area contributed by atoms with Crippen molar-refractivity contribution in [2.75, 3.05) is 6.54 Å². The fraction of sp³-hybridized carbons (Fsp3) is 0.625. The summed E-state index contributed by atoms with van der Waals surface area (Å²) in [5, 5.41) is 3.23. The van der Waals surface area contributed by atoms with E-state index in [1.807, 2.05) is 6.92 Å². The first-order valence-electron chi connectivity index (χ1n) is 7.03. The van der Waals surface area contributed by atoms with E-state index in [2.05, 4.69) is 33.0 Å². The topological polar surface area (TPSA) is 12.0 Å². The Hall–Kier alpha value is -1.03. The molecule has 1 unspecified atom stereocenters. The Labute approximate surface area is 118 Å². The van der Waals surface area contributed by atoms with Gasteiger partial charge in [-0.05, 0) is 29.4 Å². The van der Waals surface area contributed by atoms with Gasteiger partial charge >= 0.3 is 0 Å². The molecule has 0 bridgehead atoms. The number of hydrogen-bond acceptors (Lipinski definition) is 1. The summed E-state index contributed by atoms with van der Waals surface area (Å²) in [6, 6.07) is 2.05. The van der Waals surface area contributed by atoms with Gasteiger partial charge in [0.1, 0.15) is 0 Å². The van der Waals surface area contributed by atoms with Gasteiger partial charge in [-0.1, -0.05) is 40.7 Å². The second kappa shape index (κ2) is 4.76.